The average Bonchev–Trinajstić information content (AvgIpc) is 3.28. The van der Waals surface area contributed by atoms with Gasteiger partial charge in [-0.3, -0.25) is 0 Å². The van der Waals surface area contributed by atoms with Gasteiger partial charge < -0.3 is 19.2 Å². The molecule has 37 heavy (non-hydrogen) atoms. The predicted octanol–water partition coefficient (Wildman–Crippen LogP) is 7.52. The minimum atomic E-state index is -0.918. The van der Waals surface area contributed by atoms with Crippen molar-refractivity contribution in [3.05, 3.63) is 108 Å². The molecule has 0 atom stereocenters. The molecule has 5 aromatic rings. The van der Waals surface area contributed by atoms with Gasteiger partial charge in [0.1, 0.15) is 28.6 Å². The lowest BCUT2D eigenvalue weighted by Crippen LogP contribution is -2.41. The van der Waals surface area contributed by atoms with Crippen molar-refractivity contribution < 1.29 is 23.8 Å². The predicted molar refractivity (Wildman–Crippen MR) is 140 cm³/mol. The highest BCUT2D eigenvalue weighted by Gasteiger charge is 2.29. The lowest BCUT2D eigenvalue weighted by atomic mass is 10.1. The summed E-state index contributed by atoms with van der Waals surface area (Å²) in [6.07, 6.45) is 1.40. The van der Waals surface area contributed by atoms with E-state index in [0.29, 0.717) is 33.1 Å². The molecule has 1 N–H and O–H groups in total. The summed E-state index contributed by atoms with van der Waals surface area (Å²) in [6.45, 7) is 1.74. The molecule has 8 nitrogen and oxygen atoms in total. The minimum Gasteiger partial charge on any atom is -0.456 e. The van der Waals surface area contributed by atoms with Crippen LogP contribution in [0.2, 0.25) is 5.02 Å². The third kappa shape index (κ3) is 5.24. The highest BCUT2D eigenvalue weighted by atomic mass is 35.5. The number of aromatic nitrogens is 2. The number of fused-ring (bicyclic) bond motifs is 1. The number of pyridine rings is 1. The van der Waals surface area contributed by atoms with Crippen LogP contribution in [0.1, 0.15) is 5.56 Å². The van der Waals surface area contributed by atoms with Gasteiger partial charge in [0.2, 0.25) is 0 Å². The second-order valence-electron chi connectivity index (χ2n) is 7.92. The summed E-state index contributed by atoms with van der Waals surface area (Å²) in [5.74, 6) is 1.55. The van der Waals surface area contributed by atoms with Crippen molar-refractivity contribution in [1.29, 1.82) is 0 Å². The largest absolute Gasteiger partial charge is 0.456 e. The summed E-state index contributed by atoms with van der Waals surface area (Å²) in [7, 11) is 0. The van der Waals surface area contributed by atoms with Crippen molar-refractivity contribution >= 4 is 40.5 Å². The number of H-pyrrole nitrogens is 1. The molecule has 0 aliphatic carbocycles. The average molecular weight is 514 g/mol. The van der Waals surface area contributed by atoms with E-state index in [-0.39, 0.29) is 17.2 Å². The Morgan fingerprint density at radius 2 is 1.46 bits per heavy atom. The minimum absolute atomic E-state index is 0.272. The molecule has 9 heteroatoms. The van der Waals surface area contributed by atoms with Crippen LogP contribution in [0.4, 0.5) is 15.3 Å². The normalized spacial score (nSPS) is 10.6. The van der Waals surface area contributed by atoms with E-state index in [1.54, 1.807) is 104 Å². The fourth-order valence-electron chi connectivity index (χ4n) is 3.68. The van der Waals surface area contributed by atoms with E-state index in [2.05, 4.69) is 9.97 Å². The van der Waals surface area contributed by atoms with E-state index in [1.165, 1.54) is 0 Å². The number of nitrogens with zero attached hydrogens (tertiary/aromatic N) is 2. The first-order valence-electron chi connectivity index (χ1n) is 11.2. The van der Waals surface area contributed by atoms with E-state index >= 15 is 0 Å². The maximum atomic E-state index is 13.2. The Balaban J connectivity index is 1.46. The van der Waals surface area contributed by atoms with Crippen molar-refractivity contribution in [2.75, 3.05) is 4.90 Å². The van der Waals surface area contributed by atoms with Crippen molar-refractivity contribution in [3.8, 4) is 23.0 Å². The van der Waals surface area contributed by atoms with Gasteiger partial charge in [-0.25, -0.2) is 14.6 Å². The molecule has 184 valence electrons. The fraction of sp³-hybridized carbons (Fsp3) is 0.0357. The van der Waals surface area contributed by atoms with Gasteiger partial charge in [0.15, 0.2) is 0 Å². The van der Waals surface area contributed by atoms with Gasteiger partial charge in [-0.15, -0.1) is 0 Å². The number of hydrogen-bond donors (Lipinski definition) is 1. The van der Waals surface area contributed by atoms with E-state index in [9.17, 15) is 9.59 Å². The Bertz CT molecular complexity index is 1520. The summed E-state index contributed by atoms with van der Waals surface area (Å²) in [4.78, 5) is 34.4. The van der Waals surface area contributed by atoms with E-state index in [0.717, 1.165) is 4.90 Å². The smallest absolute Gasteiger partial charge is 0.429 e. The number of imide groups is 1. The molecule has 0 bridgehead atoms. The molecule has 5 rings (SSSR count). The number of hydrogen-bond acceptors (Lipinski definition) is 6. The second-order valence-corrected chi connectivity index (χ2v) is 8.32. The van der Waals surface area contributed by atoms with Crippen LogP contribution in [0.3, 0.4) is 0 Å². The number of carbonyl (C=O) groups excluding carboxylic acids is 2. The summed E-state index contributed by atoms with van der Waals surface area (Å²) in [5, 5.41) is 1.12. The van der Waals surface area contributed by atoms with Gasteiger partial charge in [0.05, 0.1) is 16.1 Å². The highest BCUT2D eigenvalue weighted by molar-refractivity contribution is 6.36. The number of para-hydroxylation sites is 2. The van der Waals surface area contributed by atoms with E-state index in [1.807, 2.05) is 0 Å². The molecule has 0 spiro atoms. The number of ether oxygens (including phenoxy) is 3. The maximum Gasteiger partial charge on any atom is 0.429 e. The Morgan fingerprint density at radius 3 is 2.05 bits per heavy atom. The van der Waals surface area contributed by atoms with Crippen LogP contribution < -0.4 is 19.1 Å². The van der Waals surface area contributed by atoms with Crippen LogP contribution in [0.25, 0.3) is 11.0 Å². The Kier molecular flexibility index (Phi) is 6.74. The zero-order chi connectivity index (χ0) is 25.8. The summed E-state index contributed by atoms with van der Waals surface area (Å²) >= 11 is 6.28. The molecule has 2 aromatic heterocycles. The number of halogens is 1. The van der Waals surface area contributed by atoms with Crippen molar-refractivity contribution in [2.24, 2.45) is 0 Å². The Hall–Kier alpha value is -4.82. The van der Waals surface area contributed by atoms with Crippen LogP contribution >= 0.6 is 11.6 Å². The molecule has 0 aliphatic rings. The quantitative estimate of drug-likeness (QED) is 0.261. The molecule has 0 aliphatic heterocycles. The van der Waals surface area contributed by atoms with Crippen molar-refractivity contribution in [1.82, 2.24) is 9.97 Å². The number of aromatic amines is 1. The van der Waals surface area contributed by atoms with Crippen LogP contribution in [-0.2, 0) is 0 Å². The first-order valence-corrected chi connectivity index (χ1v) is 11.6. The molecule has 0 radical (unpaired) electrons. The van der Waals surface area contributed by atoms with Gasteiger partial charge in [-0.2, -0.15) is 4.90 Å². The fourth-order valence-corrected chi connectivity index (χ4v) is 3.92. The molecule has 0 fully saturated rings. The zero-order valence-corrected chi connectivity index (χ0v) is 20.3. The van der Waals surface area contributed by atoms with Crippen molar-refractivity contribution in [2.45, 2.75) is 6.92 Å². The number of rotatable bonds is 5. The number of aryl methyl sites for hydroxylation is 1. The molecular weight excluding hydrogens is 494 g/mol. The molecule has 0 saturated carbocycles. The third-order valence-corrected chi connectivity index (χ3v) is 5.68. The number of amides is 2. The lowest BCUT2D eigenvalue weighted by Gasteiger charge is -2.22. The van der Waals surface area contributed by atoms with Crippen LogP contribution in [-0.4, -0.2) is 22.2 Å². The van der Waals surface area contributed by atoms with Gasteiger partial charge in [0.25, 0.3) is 0 Å². The third-order valence-electron chi connectivity index (χ3n) is 5.39. The highest BCUT2D eigenvalue weighted by Crippen LogP contribution is 2.35. The SMILES string of the molecule is Cc1cc(Oc2ccnc3[nH]cc(Cl)c23)ccc1N(C(=O)Oc1ccccc1)C(=O)Oc1ccccc1. The molecular formula is C28H20ClN3O5. The van der Waals surface area contributed by atoms with Gasteiger partial charge in [-0.1, -0.05) is 48.0 Å². The first-order chi connectivity index (χ1) is 18.0. The number of nitrogens with one attached hydrogen (secondary N) is 1. The number of carbonyl (C=O) groups is 2. The molecule has 2 heterocycles. The van der Waals surface area contributed by atoms with Crippen molar-refractivity contribution in [3.63, 3.8) is 0 Å². The Labute approximate surface area is 217 Å². The molecule has 3 aromatic carbocycles. The molecule has 0 saturated heterocycles. The second kappa shape index (κ2) is 10.4. The lowest BCUT2D eigenvalue weighted by molar-refractivity contribution is 0.190. The van der Waals surface area contributed by atoms with E-state index < -0.39 is 12.2 Å². The zero-order valence-electron chi connectivity index (χ0n) is 19.6. The topological polar surface area (TPSA) is 93.8 Å². The number of benzene rings is 3. The summed E-state index contributed by atoms with van der Waals surface area (Å²) in [6, 6.07) is 23.5. The monoisotopic (exact) mass is 513 g/mol. The summed E-state index contributed by atoms with van der Waals surface area (Å²) < 4.78 is 17.0. The van der Waals surface area contributed by atoms with Gasteiger partial charge in [-0.05, 0) is 61.0 Å². The number of anilines is 1. The van der Waals surface area contributed by atoms with Crippen LogP contribution in [0.5, 0.6) is 23.0 Å². The summed E-state index contributed by atoms with van der Waals surface area (Å²) in [5.41, 5.74) is 1.43. The van der Waals surface area contributed by atoms with Crippen LogP contribution in [0, 0.1) is 6.92 Å². The first kappa shape index (κ1) is 23.9. The van der Waals surface area contributed by atoms with Crippen LogP contribution in [0.15, 0.2) is 97.3 Å². The maximum absolute atomic E-state index is 13.2. The molecule has 0 unspecified atom stereocenters. The molecule has 2 amide bonds. The van der Waals surface area contributed by atoms with E-state index in [4.69, 9.17) is 25.8 Å². The van der Waals surface area contributed by atoms with Gasteiger partial charge in [0, 0.05) is 12.4 Å². The van der Waals surface area contributed by atoms with Gasteiger partial charge >= 0.3 is 12.2 Å². The Morgan fingerprint density at radius 1 is 0.838 bits per heavy atom. The standard InChI is InChI=1S/C28H20ClN3O5/c1-18-16-21(35-24-14-15-30-26-25(24)22(29)17-31-26)12-13-23(18)32(27(33)36-19-8-4-2-5-9-19)28(34)37-20-10-6-3-7-11-20/h2-17H,1H3,(H,30,31).